The van der Waals surface area contributed by atoms with E-state index in [1.807, 2.05) is 86.7 Å². The number of hydrogen-bond donors (Lipinski definition) is 0. The van der Waals surface area contributed by atoms with E-state index < -0.39 is 12.1 Å². The Morgan fingerprint density at radius 1 is 0.973 bits per heavy atom. The number of rotatable bonds is 7. The molecule has 3 aromatic rings. The number of esters is 2. The molecule has 5 atom stereocenters. The van der Waals surface area contributed by atoms with Gasteiger partial charge in [0.05, 0.1) is 12.0 Å². The zero-order valence-corrected chi connectivity index (χ0v) is 21.0. The average Bonchev–Trinajstić information content (AvgIpc) is 3.42. The van der Waals surface area contributed by atoms with Crippen LogP contribution in [0.15, 0.2) is 91.0 Å². The number of allylic oxidation sites excluding steroid dienone is 1. The lowest BCUT2D eigenvalue weighted by atomic mass is 9.89. The molecular weight excluding hydrogens is 464 g/mol. The van der Waals surface area contributed by atoms with Crippen molar-refractivity contribution in [2.75, 3.05) is 0 Å². The van der Waals surface area contributed by atoms with Gasteiger partial charge in [0.1, 0.15) is 12.2 Å². The molecule has 1 saturated carbocycles. The van der Waals surface area contributed by atoms with Crippen LogP contribution in [-0.4, -0.2) is 29.9 Å². The van der Waals surface area contributed by atoms with Crippen LogP contribution in [0.3, 0.4) is 0 Å². The van der Waals surface area contributed by atoms with Crippen molar-refractivity contribution < 1.29 is 23.9 Å². The van der Waals surface area contributed by atoms with Gasteiger partial charge in [-0.15, -0.1) is 0 Å². The number of fused-ring (bicyclic) bond motifs is 1. The van der Waals surface area contributed by atoms with E-state index in [1.165, 1.54) is 0 Å². The number of carbonyl (C=O) groups is 3. The Morgan fingerprint density at radius 2 is 1.70 bits per heavy atom. The number of benzene rings is 3. The third kappa shape index (κ3) is 5.41. The summed E-state index contributed by atoms with van der Waals surface area (Å²) in [4.78, 5) is 37.9. The van der Waals surface area contributed by atoms with Crippen LogP contribution in [0, 0.1) is 18.8 Å². The number of aryl methyl sites for hydroxylation is 1. The van der Waals surface area contributed by atoms with Gasteiger partial charge in [0.25, 0.3) is 0 Å². The van der Waals surface area contributed by atoms with E-state index in [9.17, 15) is 14.4 Å². The maximum absolute atomic E-state index is 13.0. The monoisotopic (exact) mass is 494 g/mol. The molecule has 1 saturated heterocycles. The van der Waals surface area contributed by atoms with Crippen LogP contribution < -0.4 is 0 Å². The maximum Gasteiger partial charge on any atom is 0.338 e. The van der Waals surface area contributed by atoms with Gasteiger partial charge in [-0.2, -0.15) is 0 Å². The number of carbonyl (C=O) groups excluding carboxylic acids is 3. The van der Waals surface area contributed by atoms with Gasteiger partial charge in [0.15, 0.2) is 5.78 Å². The van der Waals surface area contributed by atoms with Crippen LogP contribution in [-0.2, 0) is 19.1 Å². The molecule has 0 aromatic heterocycles. The molecule has 2 fully saturated rings. The van der Waals surface area contributed by atoms with E-state index in [4.69, 9.17) is 9.47 Å². The quantitative estimate of drug-likeness (QED) is 0.295. The lowest BCUT2D eigenvalue weighted by Crippen LogP contribution is -2.25. The standard InChI is InChI=1S/C32H30O5/c1-20-7-6-10-25(17-20)21(2)28(33)16-15-26-27-18-31(34)36-30(27)19-29(26)37-32(35)24-13-11-23(12-14-24)22-8-4-3-5-9-22/h3-17,21,26-27,29-30H,18-19H2,1-2H3/b16-15+/t21-,26+,27+,29+,30-/m0/s1. The fraction of sp³-hybridized carbons (Fsp3) is 0.281. The van der Waals surface area contributed by atoms with Crippen LogP contribution in [0.25, 0.3) is 11.1 Å². The summed E-state index contributed by atoms with van der Waals surface area (Å²) >= 11 is 0. The summed E-state index contributed by atoms with van der Waals surface area (Å²) in [6, 6.07) is 25.2. The van der Waals surface area contributed by atoms with Gasteiger partial charge < -0.3 is 9.47 Å². The van der Waals surface area contributed by atoms with Crippen molar-refractivity contribution in [3.63, 3.8) is 0 Å². The van der Waals surface area contributed by atoms with Crippen LogP contribution >= 0.6 is 0 Å². The first-order chi connectivity index (χ1) is 17.9. The normalized spacial score (nSPS) is 23.5. The number of ketones is 1. The van der Waals surface area contributed by atoms with Gasteiger partial charge in [0.2, 0.25) is 0 Å². The number of ether oxygens (including phenoxy) is 2. The second-order valence-corrected chi connectivity index (χ2v) is 9.99. The molecule has 5 rings (SSSR count). The maximum atomic E-state index is 13.0. The molecule has 5 heteroatoms. The van der Waals surface area contributed by atoms with Crippen molar-refractivity contribution in [3.8, 4) is 11.1 Å². The highest BCUT2D eigenvalue weighted by Crippen LogP contribution is 2.44. The van der Waals surface area contributed by atoms with Crippen LogP contribution in [0.2, 0.25) is 0 Å². The smallest absolute Gasteiger partial charge is 0.338 e. The topological polar surface area (TPSA) is 69.7 Å². The molecule has 0 bridgehead atoms. The molecule has 0 spiro atoms. The van der Waals surface area contributed by atoms with Crippen molar-refractivity contribution in [1.82, 2.24) is 0 Å². The Bertz CT molecular complexity index is 1320. The van der Waals surface area contributed by atoms with Crippen LogP contribution in [0.5, 0.6) is 0 Å². The Balaban J connectivity index is 1.30. The van der Waals surface area contributed by atoms with Crippen molar-refractivity contribution in [2.24, 2.45) is 11.8 Å². The van der Waals surface area contributed by atoms with E-state index in [1.54, 1.807) is 18.2 Å². The summed E-state index contributed by atoms with van der Waals surface area (Å²) in [7, 11) is 0. The fourth-order valence-corrected chi connectivity index (χ4v) is 5.38. The average molecular weight is 495 g/mol. The summed E-state index contributed by atoms with van der Waals surface area (Å²) in [5.41, 5.74) is 4.61. The van der Waals surface area contributed by atoms with Crippen LogP contribution in [0.1, 0.15) is 47.2 Å². The Kier molecular flexibility index (Phi) is 7.04. The molecule has 37 heavy (non-hydrogen) atoms. The van der Waals surface area contributed by atoms with Crippen molar-refractivity contribution >= 4 is 17.7 Å². The lowest BCUT2D eigenvalue weighted by molar-refractivity contribution is -0.141. The van der Waals surface area contributed by atoms with Gasteiger partial charge in [0, 0.05) is 24.2 Å². The predicted octanol–water partition coefficient (Wildman–Crippen LogP) is 6.07. The van der Waals surface area contributed by atoms with Gasteiger partial charge in [-0.3, -0.25) is 9.59 Å². The first-order valence-corrected chi connectivity index (χ1v) is 12.7. The third-order valence-corrected chi connectivity index (χ3v) is 7.49. The molecule has 3 aromatic carbocycles. The van der Waals surface area contributed by atoms with Gasteiger partial charge in [-0.25, -0.2) is 4.79 Å². The predicted molar refractivity (Wildman–Crippen MR) is 141 cm³/mol. The van der Waals surface area contributed by atoms with Gasteiger partial charge >= 0.3 is 11.9 Å². The largest absolute Gasteiger partial charge is 0.462 e. The second-order valence-electron chi connectivity index (χ2n) is 9.99. The highest BCUT2D eigenvalue weighted by atomic mass is 16.6. The molecule has 0 unspecified atom stereocenters. The van der Waals surface area contributed by atoms with E-state index in [0.29, 0.717) is 12.0 Å². The third-order valence-electron chi connectivity index (χ3n) is 7.49. The summed E-state index contributed by atoms with van der Waals surface area (Å²) in [5, 5.41) is 0. The van der Waals surface area contributed by atoms with Gasteiger partial charge in [-0.1, -0.05) is 85.3 Å². The van der Waals surface area contributed by atoms with Gasteiger partial charge in [-0.05, 0) is 41.8 Å². The molecule has 1 aliphatic carbocycles. The SMILES string of the molecule is Cc1cccc([C@H](C)C(=O)/C=C/[C@@H]2[C@H]3CC(=O)O[C@H]3C[C@H]2OC(=O)c2ccc(-c3ccccc3)cc2)c1. The highest BCUT2D eigenvalue weighted by Gasteiger charge is 2.50. The Morgan fingerprint density at radius 3 is 2.43 bits per heavy atom. The zero-order chi connectivity index (χ0) is 25.9. The number of hydrogen-bond acceptors (Lipinski definition) is 5. The summed E-state index contributed by atoms with van der Waals surface area (Å²) < 4.78 is 11.4. The Labute approximate surface area is 217 Å². The van der Waals surface area contributed by atoms with Crippen molar-refractivity contribution in [1.29, 1.82) is 0 Å². The molecule has 0 amide bonds. The molecule has 0 N–H and O–H groups in total. The highest BCUT2D eigenvalue weighted by molar-refractivity contribution is 5.95. The Hall–Kier alpha value is -3.99. The molecule has 0 radical (unpaired) electrons. The van der Waals surface area contributed by atoms with E-state index >= 15 is 0 Å². The molecule has 2 aliphatic rings. The molecule has 5 nitrogen and oxygen atoms in total. The molecule has 1 aliphatic heterocycles. The zero-order valence-electron chi connectivity index (χ0n) is 21.0. The van der Waals surface area contributed by atoms with Crippen LogP contribution in [0.4, 0.5) is 0 Å². The minimum absolute atomic E-state index is 0.0270. The van der Waals surface area contributed by atoms with Crippen molar-refractivity contribution in [3.05, 3.63) is 108 Å². The summed E-state index contributed by atoms with van der Waals surface area (Å²) in [6.45, 7) is 3.89. The minimum atomic E-state index is -0.470. The second kappa shape index (κ2) is 10.6. The summed E-state index contributed by atoms with van der Waals surface area (Å²) in [5.74, 6) is -1.36. The molecule has 1 heterocycles. The van der Waals surface area contributed by atoms with E-state index in [2.05, 4.69) is 0 Å². The first-order valence-electron chi connectivity index (χ1n) is 12.7. The van der Waals surface area contributed by atoms with Crippen molar-refractivity contribution in [2.45, 2.75) is 44.8 Å². The lowest BCUT2D eigenvalue weighted by Gasteiger charge is -2.20. The summed E-state index contributed by atoms with van der Waals surface area (Å²) in [6.07, 6.45) is 3.32. The van der Waals surface area contributed by atoms with E-state index in [0.717, 1.165) is 22.3 Å². The van der Waals surface area contributed by atoms with E-state index in [-0.39, 0.29) is 42.0 Å². The molecular formula is C32H30O5. The fourth-order valence-electron chi connectivity index (χ4n) is 5.38. The minimum Gasteiger partial charge on any atom is -0.462 e. The first kappa shape index (κ1) is 24.7. The molecule has 188 valence electrons.